The summed E-state index contributed by atoms with van der Waals surface area (Å²) in [5.41, 5.74) is 7.98. The van der Waals surface area contributed by atoms with E-state index in [2.05, 4.69) is 98.6 Å². The standard InChI is InChI=1S/C31H32BrN7/c1-4-6-13-27-26(28(10-5-2)39(21(3)33-27)30-15-9-14-29(32)34-30)20-22-16-18-23(19-17-22)24-11-7-8-12-25(24)31-35-37-38-36-31/h7-12,14-19H,4-6,13,20H2,1-3H3,(H,35,36,37,38)/b28-10+. The van der Waals surface area contributed by atoms with Crippen LogP contribution in [0.1, 0.15) is 52.0 Å². The number of hydrogen-bond donors (Lipinski definition) is 1. The van der Waals surface area contributed by atoms with Crippen molar-refractivity contribution in [2.24, 2.45) is 4.99 Å². The molecule has 198 valence electrons. The topological polar surface area (TPSA) is 82.9 Å². The van der Waals surface area contributed by atoms with Crippen molar-refractivity contribution in [3.05, 3.63) is 99.9 Å². The Bertz CT molecular complexity index is 1520. The number of aromatic amines is 1. The van der Waals surface area contributed by atoms with Crippen LogP contribution in [0.4, 0.5) is 5.82 Å². The van der Waals surface area contributed by atoms with Crippen LogP contribution in [0.3, 0.4) is 0 Å². The fourth-order valence-corrected chi connectivity index (χ4v) is 5.28. The molecule has 0 aliphatic carbocycles. The first-order valence-corrected chi connectivity index (χ1v) is 14.2. The van der Waals surface area contributed by atoms with Gasteiger partial charge in [-0.3, -0.25) is 4.90 Å². The molecule has 1 N–H and O–H groups in total. The molecule has 0 amide bonds. The lowest BCUT2D eigenvalue weighted by molar-refractivity contribution is 0.765. The van der Waals surface area contributed by atoms with Crippen molar-refractivity contribution in [1.29, 1.82) is 0 Å². The fourth-order valence-electron chi connectivity index (χ4n) is 4.94. The van der Waals surface area contributed by atoms with Crippen LogP contribution in [-0.2, 0) is 6.42 Å². The van der Waals surface area contributed by atoms with Crippen LogP contribution >= 0.6 is 15.9 Å². The fraction of sp³-hybridized carbons (Fsp3) is 0.258. The molecule has 1 aliphatic rings. The zero-order chi connectivity index (χ0) is 27.2. The maximum absolute atomic E-state index is 5.13. The summed E-state index contributed by atoms with van der Waals surface area (Å²) in [6.07, 6.45) is 7.21. The van der Waals surface area contributed by atoms with Gasteiger partial charge in [0.1, 0.15) is 16.3 Å². The van der Waals surface area contributed by atoms with Gasteiger partial charge in [-0.15, -0.1) is 10.2 Å². The summed E-state index contributed by atoms with van der Waals surface area (Å²) < 4.78 is 0.808. The third-order valence-electron chi connectivity index (χ3n) is 6.77. The van der Waals surface area contributed by atoms with Crippen molar-refractivity contribution in [3.63, 3.8) is 0 Å². The van der Waals surface area contributed by atoms with Gasteiger partial charge in [0.05, 0.1) is 5.70 Å². The quantitative estimate of drug-likeness (QED) is 0.203. The lowest BCUT2D eigenvalue weighted by atomic mass is 9.93. The summed E-state index contributed by atoms with van der Waals surface area (Å²) >= 11 is 3.54. The number of rotatable bonds is 9. The van der Waals surface area contributed by atoms with Crippen LogP contribution in [0, 0.1) is 0 Å². The van der Waals surface area contributed by atoms with Crippen molar-refractivity contribution in [2.75, 3.05) is 4.90 Å². The molecule has 1 aliphatic heterocycles. The molecule has 0 unspecified atom stereocenters. The minimum Gasteiger partial charge on any atom is -0.283 e. The van der Waals surface area contributed by atoms with Gasteiger partial charge in [-0.05, 0) is 76.2 Å². The molecule has 0 radical (unpaired) electrons. The molecule has 3 heterocycles. The number of hydrogen-bond acceptors (Lipinski definition) is 6. The van der Waals surface area contributed by atoms with Crippen molar-refractivity contribution in [3.8, 4) is 22.5 Å². The van der Waals surface area contributed by atoms with Gasteiger partial charge in [0.15, 0.2) is 0 Å². The number of pyridine rings is 1. The lowest BCUT2D eigenvalue weighted by Gasteiger charge is -2.33. The predicted octanol–water partition coefficient (Wildman–Crippen LogP) is 7.91. The van der Waals surface area contributed by atoms with E-state index >= 15 is 0 Å². The van der Waals surface area contributed by atoms with Gasteiger partial charge in [0.25, 0.3) is 0 Å². The summed E-state index contributed by atoms with van der Waals surface area (Å²) in [5, 5.41) is 14.7. The Morgan fingerprint density at radius 2 is 1.74 bits per heavy atom. The summed E-state index contributed by atoms with van der Waals surface area (Å²) in [6.45, 7) is 6.48. The Morgan fingerprint density at radius 1 is 0.949 bits per heavy atom. The molecular formula is C31H32BrN7. The second-order valence-corrected chi connectivity index (χ2v) is 10.3. The van der Waals surface area contributed by atoms with Crippen LogP contribution in [0.5, 0.6) is 0 Å². The number of aromatic nitrogens is 5. The van der Waals surface area contributed by atoms with E-state index < -0.39 is 0 Å². The molecule has 0 bridgehead atoms. The van der Waals surface area contributed by atoms with Gasteiger partial charge < -0.3 is 0 Å². The Labute approximate surface area is 237 Å². The molecular weight excluding hydrogens is 550 g/mol. The van der Waals surface area contributed by atoms with Gasteiger partial charge in [-0.2, -0.15) is 5.21 Å². The Balaban J connectivity index is 1.51. The van der Waals surface area contributed by atoms with E-state index in [9.17, 15) is 0 Å². The van der Waals surface area contributed by atoms with E-state index in [1.54, 1.807) is 0 Å². The van der Waals surface area contributed by atoms with E-state index in [0.717, 1.165) is 65.1 Å². The smallest absolute Gasteiger partial charge is 0.205 e. The Hall–Kier alpha value is -3.91. The lowest BCUT2D eigenvalue weighted by Crippen LogP contribution is -2.33. The molecule has 0 spiro atoms. The highest BCUT2D eigenvalue weighted by molar-refractivity contribution is 9.10. The summed E-state index contributed by atoms with van der Waals surface area (Å²) in [5.74, 6) is 2.40. The van der Waals surface area contributed by atoms with Crippen LogP contribution in [0.15, 0.2) is 99.4 Å². The molecule has 4 aromatic rings. The number of unbranched alkanes of at least 4 members (excludes halogenated alkanes) is 1. The van der Waals surface area contributed by atoms with Crippen LogP contribution < -0.4 is 4.90 Å². The van der Waals surface area contributed by atoms with E-state index in [1.807, 2.05) is 36.4 Å². The molecule has 7 nitrogen and oxygen atoms in total. The number of nitrogens with zero attached hydrogens (tertiary/aromatic N) is 6. The number of allylic oxidation sites excluding steroid dienone is 3. The maximum Gasteiger partial charge on any atom is 0.205 e. The largest absolute Gasteiger partial charge is 0.283 e. The molecule has 2 aromatic heterocycles. The van der Waals surface area contributed by atoms with E-state index in [1.165, 1.54) is 22.5 Å². The number of nitrogens with one attached hydrogen (secondary N) is 1. The van der Waals surface area contributed by atoms with Gasteiger partial charge in [-0.1, -0.05) is 80.9 Å². The van der Waals surface area contributed by atoms with Crippen molar-refractivity contribution < 1.29 is 0 Å². The molecule has 0 fully saturated rings. The number of anilines is 1. The zero-order valence-corrected chi connectivity index (χ0v) is 24.1. The summed E-state index contributed by atoms with van der Waals surface area (Å²) in [6, 6.07) is 22.9. The number of halogens is 1. The molecule has 8 heteroatoms. The molecule has 5 rings (SSSR count). The first-order chi connectivity index (χ1) is 19.1. The molecule has 0 saturated carbocycles. The number of amidine groups is 1. The third kappa shape index (κ3) is 5.91. The summed E-state index contributed by atoms with van der Waals surface area (Å²) in [7, 11) is 0. The van der Waals surface area contributed by atoms with E-state index in [-0.39, 0.29) is 0 Å². The van der Waals surface area contributed by atoms with Gasteiger partial charge in [0.2, 0.25) is 5.82 Å². The number of tetrazole rings is 1. The van der Waals surface area contributed by atoms with Crippen molar-refractivity contribution in [1.82, 2.24) is 25.6 Å². The Morgan fingerprint density at radius 3 is 2.44 bits per heavy atom. The average Bonchev–Trinajstić information content (AvgIpc) is 3.49. The molecule has 0 atom stereocenters. The first-order valence-electron chi connectivity index (χ1n) is 13.4. The van der Waals surface area contributed by atoms with Gasteiger partial charge >= 0.3 is 0 Å². The highest BCUT2D eigenvalue weighted by Gasteiger charge is 2.27. The van der Waals surface area contributed by atoms with E-state index in [4.69, 9.17) is 9.98 Å². The van der Waals surface area contributed by atoms with Crippen molar-refractivity contribution in [2.45, 2.75) is 52.9 Å². The minimum atomic E-state index is 0.589. The predicted molar refractivity (Wildman–Crippen MR) is 161 cm³/mol. The van der Waals surface area contributed by atoms with Crippen LogP contribution in [0.25, 0.3) is 22.5 Å². The molecule has 2 aromatic carbocycles. The first kappa shape index (κ1) is 26.7. The number of H-pyrrole nitrogens is 1. The van der Waals surface area contributed by atoms with Crippen LogP contribution in [-0.4, -0.2) is 31.4 Å². The normalized spacial score (nSPS) is 14.7. The summed E-state index contributed by atoms with van der Waals surface area (Å²) in [4.78, 5) is 12.1. The number of aliphatic imine (C=N–C) groups is 1. The third-order valence-corrected chi connectivity index (χ3v) is 7.21. The minimum absolute atomic E-state index is 0.589. The second-order valence-electron chi connectivity index (χ2n) is 9.49. The maximum atomic E-state index is 5.13. The zero-order valence-electron chi connectivity index (χ0n) is 22.5. The second kappa shape index (κ2) is 12.3. The monoisotopic (exact) mass is 581 g/mol. The van der Waals surface area contributed by atoms with Gasteiger partial charge in [0, 0.05) is 23.3 Å². The number of benzene rings is 2. The van der Waals surface area contributed by atoms with Gasteiger partial charge in [-0.25, -0.2) is 9.98 Å². The van der Waals surface area contributed by atoms with Crippen LogP contribution in [0.2, 0.25) is 0 Å². The molecule has 0 saturated heterocycles. The highest BCUT2D eigenvalue weighted by atomic mass is 79.9. The SMILES string of the molecule is CC/C=C1\C(Cc2ccc(-c3ccccc3-c3nn[nH]n3)cc2)=C(CCCC)N=C(C)N1c1cccc(Br)n1. The van der Waals surface area contributed by atoms with Crippen molar-refractivity contribution >= 4 is 27.6 Å². The average molecular weight is 583 g/mol. The molecule has 39 heavy (non-hydrogen) atoms. The Kier molecular flexibility index (Phi) is 8.42. The highest BCUT2D eigenvalue weighted by Crippen LogP contribution is 2.36. The van der Waals surface area contributed by atoms with E-state index in [0.29, 0.717) is 5.82 Å².